The molecular formula is C28H36F3NO2. The number of carbonyl (C=O) groups excluding carboxylic acids is 1. The molecule has 2 aromatic rings. The van der Waals surface area contributed by atoms with Gasteiger partial charge in [0.2, 0.25) is 0 Å². The molecular weight excluding hydrogens is 439 g/mol. The molecule has 0 spiro atoms. The molecule has 0 aliphatic carbocycles. The summed E-state index contributed by atoms with van der Waals surface area (Å²) in [6, 6.07) is 13.0. The summed E-state index contributed by atoms with van der Waals surface area (Å²) in [7, 11) is 0. The average molecular weight is 476 g/mol. The van der Waals surface area contributed by atoms with Crippen LogP contribution in [0, 0.1) is 5.92 Å². The van der Waals surface area contributed by atoms with Crippen molar-refractivity contribution in [2.24, 2.45) is 5.92 Å². The zero-order valence-corrected chi connectivity index (χ0v) is 21.0. The summed E-state index contributed by atoms with van der Waals surface area (Å²) in [5, 5.41) is 11.1. The van der Waals surface area contributed by atoms with Gasteiger partial charge < -0.3 is 10.0 Å². The quantitative estimate of drug-likeness (QED) is 0.554. The van der Waals surface area contributed by atoms with Gasteiger partial charge in [0.15, 0.2) is 5.60 Å². The van der Waals surface area contributed by atoms with Crippen LogP contribution < -0.4 is 0 Å². The zero-order valence-electron chi connectivity index (χ0n) is 21.0. The van der Waals surface area contributed by atoms with Crippen LogP contribution in [0.4, 0.5) is 13.2 Å². The summed E-state index contributed by atoms with van der Waals surface area (Å²) < 4.78 is 39.6. The first-order valence-corrected chi connectivity index (χ1v) is 11.8. The smallest absolute Gasteiger partial charge is 0.376 e. The van der Waals surface area contributed by atoms with Crippen LogP contribution in [0.1, 0.15) is 76.6 Å². The van der Waals surface area contributed by atoms with E-state index in [4.69, 9.17) is 0 Å². The Kier molecular flexibility index (Phi) is 6.97. The van der Waals surface area contributed by atoms with Gasteiger partial charge in [0.05, 0.1) is 5.56 Å². The maximum absolute atomic E-state index is 13.2. The number of likely N-dealkylation sites (tertiary alicyclic amines) is 1. The second-order valence-corrected chi connectivity index (χ2v) is 11.3. The molecule has 1 heterocycles. The van der Waals surface area contributed by atoms with Crippen molar-refractivity contribution < 1.29 is 23.1 Å². The van der Waals surface area contributed by atoms with Crippen LogP contribution in [-0.2, 0) is 27.4 Å². The van der Waals surface area contributed by atoms with Crippen molar-refractivity contribution in [1.82, 2.24) is 4.90 Å². The first-order valence-electron chi connectivity index (χ1n) is 11.8. The molecule has 1 aliphatic heterocycles. The van der Waals surface area contributed by atoms with Crippen LogP contribution >= 0.6 is 0 Å². The Morgan fingerprint density at radius 2 is 1.32 bits per heavy atom. The lowest BCUT2D eigenvalue weighted by atomic mass is 9.69. The zero-order chi connectivity index (χ0) is 25.5. The van der Waals surface area contributed by atoms with E-state index in [9.17, 15) is 23.1 Å². The van der Waals surface area contributed by atoms with Crippen molar-refractivity contribution in [3.8, 4) is 0 Å². The molecule has 2 aromatic carbocycles. The number of carbonyl (C=O) groups is 1. The predicted octanol–water partition coefficient (Wildman–Crippen LogP) is 6.43. The van der Waals surface area contributed by atoms with Crippen LogP contribution in [-0.4, -0.2) is 29.0 Å². The van der Waals surface area contributed by atoms with Crippen molar-refractivity contribution in [3.63, 3.8) is 0 Å². The van der Waals surface area contributed by atoms with Gasteiger partial charge in [-0.05, 0) is 59.3 Å². The van der Waals surface area contributed by atoms with E-state index in [1.165, 1.54) is 19.1 Å². The monoisotopic (exact) mass is 475 g/mol. The lowest BCUT2D eigenvalue weighted by molar-refractivity contribution is -0.152. The van der Waals surface area contributed by atoms with E-state index in [2.05, 4.69) is 20.8 Å². The van der Waals surface area contributed by atoms with Crippen LogP contribution in [0.5, 0.6) is 0 Å². The third-order valence-corrected chi connectivity index (χ3v) is 7.47. The molecule has 1 fully saturated rings. The highest BCUT2D eigenvalue weighted by Crippen LogP contribution is 2.41. The van der Waals surface area contributed by atoms with Crippen molar-refractivity contribution >= 4 is 5.91 Å². The standard InChI is InChI=1S/C28H36F3NO2/c1-25(2,3)19-10-12-21(13-11-19)27(6,34)24(33)32-16-14-20(15-17-32)26(4,5)22-8-7-9-23(18-22)28(29,30)31/h7-13,18,20,34H,14-17H2,1-6H3/t27-/m1/s1. The molecule has 0 aromatic heterocycles. The maximum atomic E-state index is 13.2. The maximum Gasteiger partial charge on any atom is 0.416 e. The highest BCUT2D eigenvalue weighted by molar-refractivity contribution is 5.86. The molecule has 1 atom stereocenters. The average Bonchev–Trinajstić information content (AvgIpc) is 2.77. The van der Waals surface area contributed by atoms with Gasteiger partial charge in [0, 0.05) is 13.1 Å². The number of hydrogen-bond acceptors (Lipinski definition) is 2. The van der Waals surface area contributed by atoms with E-state index in [0.717, 1.165) is 11.6 Å². The van der Waals surface area contributed by atoms with Crippen LogP contribution in [0.15, 0.2) is 48.5 Å². The molecule has 1 amide bonds. The Hall–Kier alpha value is -2.34. The summed E-state index contributed by atoms with van der Waals surface area (Å²) in [6.45, 7) is 12.7. The van der Waals surface area contributed by atoms with E-state index in [1.807, 2.05) is 38.1 Å². The second-order valence-electron chi connectivity index (χ2n) is 11.3. The summed E-state index contributed by atoms with van der Waals surface area (Å²) in [6.07, 6.45) is -3.05. The number of piperidine rings is 1. The molecule has 3 nitrogen and oxygen atoms in total. The number of benzene rings is 2. The summed E-state index contributed by atoms with van der Waals surface area (Å²) in [5.74, 6) is -0.220. The fourth-order valence-electron chi connectivity index (χ4n) is 4.86. The Bertz CT molecular complexity index is 1010. The Morgan fingerprint density at radius 1 is 0.824 bits per heavy atom. The minimum atomic E-state index is -4.38. The molecule has 3 rings (SSSR count). The summed E-state index contributed by atoms with van der Waals surface area (Å²) in [4.78, 5) is 14.9. The SMILES string of the molecule is CC(C)(C)c1ccc([C@@](C)(O)C(=O)N2CCC(C(C)(C)c3cccc(C(F)(F)F)c3)CC2)cc1. The molecule has 6 heteroatoms. The normalized spacial score (nSPS) is 18.0. The fraction of sp³-hybridized carbons (Fsp3) is 0.536. The van der Waals surface area contributed by atoms with E-state index in [0.29, 0.717) is 37.1 Å². The van der Waals surface area contributed by atoms with Crippen LogP contribution in [0.3, 0.4) is 0 Å². The lowest BCUT2D eigenvalue weighted by Crippen LogP contribution is -2.50. The third-order valence-electron chi connectivity index (χ3n) is 7.47. The van der Waals surface area contributed by atoms with Crippen molar-refractivity contribution in [3.05, 3.63) is 70.8 Å². The van der Waals surface area contributed by atoms with E-state index >= 15 is 0 Å². The number of amides is 1. The first-order chi connectivity index (χ1) is 15.5. The molecule has 0 saturated carbocycles. The molecule has 1 aliphatic rings. The first kappa shape index (κ1) is 26.3. The third kappa shape index (κ3) is 5.32. The molecule has 0 unspecified atom stereocenters. The molecule has 0 radical (unpaired) electrons. The van der Waals surface area contributed by atoms with Crippen molar-refractivity contribution in [2.45, 2.75) is 77.0 Å². The van der Waals surface area contributed by atoms with Crippen LogP contribution in [0.25, 0.3) is 0 Å². The molecule has 1 N–H and O–H groups in total. The predicted molar refractivity (Wildman–Crippen MR) is 128 cm³/mol. The van der Waals surface area contributed by atoms with Gasteiger partial charge in [-0.1, -0.05) is 77.1 Å². The van der Waals surface area contributed by atoms with Gasteiger partial charge in [-0.25, -0.2) is 0 Å². The van der Waals surface area contributed by atoms with Crippen molar-refractivity contribution in [2.75, 3.05) is 13.1 Å². The van der Waals surface area contributed by atoms with Gasteiger partial charge in [-0.15, -0.1) is 0 Å². The Balaban J connectivity index is 1.70. The highest BCUT2D eigenvalue weighted by Gasteiger charge is 2.41. The molecule has 34 heavy (non-hydrogen) atoms. The lowest BCUT2D eigenvalue weighted by Gasteiger charge is -2.42. The topological polar surface area (TPSA) is 40.5 Å². The van der Waals surface area contributed by atoms with Gasteiger partial charge >= 0.3 is 6.18 Å². The van der Waals surface area contributed by atoms with E-state index < -0.39 is 22.8 Å². The van der Waals surface area contributed by atoms with Crippen LogP contribution in [0.2, 0.25) is 0 Å². The number of halogens is 3. The number of rotatable bonds is 4. The van der Waals surface area contributed by atoms with Gasteiger partial charge in [0.1, 0.15) is 0 Å². The van der Waals surface area contributed by atoms with E-state index in [-0.39, 0.29) is 17.2 Å². The number of nitrogens with zero attached hydrogens (tertiary/aromatic N) is 1. The number of aliphatic hydroxyl groups is 1. The Morgan fingerprint density at radius 3 is 1.82 bits per heavy atom. The Labute approximate surface area is 201 Å². The molecule has 0 bridgehead atoms. The number of alkyl halides is 3. The van der Waals surface area contributed by atoms with Gasteiger partial charge in [-0.2, -0.15) is 13.2 Å². The largest absolute Gasteiger partial charge is 0.416 e. The summed E-state index contributed by atoms with van der Waals surface area (Å²) >= 11 is 0. The second kappa shape index (κ2) is 9.03. The van der Waals surface area contributed by atoms with Gasteiger partial charge in [0.25, 0.3) is 5.91 Å². The molecule has 1 saturated heterocycles. The highest BCUT2D eigenvalue weighted by atomic mass is 19.4. The summed E-state index contributed by atoms with van der Waals surface area (Å²) in [5.41, 5.74) is -0.448. The fourth-order valence-corrected chi connectivity index (χ4v) is 4.86. The van der Waals surface area contributed by atoms with Crippen molar-refractivity contribution in [1.29, 1.82) is 0 Å². The minimum Gasteiger partial charge on any atom is -0.376 e. The number of hydrogen-bond donors (Lipinski definition) is 1. The molecule has 186 valence electrons. The van der Waals surface area contributed by atoms with E-state index in [1.54, 1.807) is 11.0 Å². The van der Waals surface area contributed by atoms with Gasteiger partial charge in [-0.3, -0.25) is 4.79 Å². The minimum absolute atomic E-state index is 0.0251.